The van der Waals surface area contributed by atoms with Crippen molar-refractivity contribution in [2.75, 3.05) is 23.8 Å². The molecule has 1 N–H and O–H groups in total. The van der Waals surface area contributed by atoms with E-state index in [4.69, 9.17) is 0 Å². The van der Waals surface area contributed by atoms with E-state index in [1.54, 1.807) is 0 Å². The molecule has 4 nitrogen and oxygen atoms in total. The van der Waals surface area contributed by atoms with Crippen molar-refractivity contribution < 1.29 is 0 Å². The Labute approximate surface area is 110 Å². The van der Waals surface area contributed by atoms with Crippen LogP contribution in [0.3, 0.4) is 0 Å². The van der Waals surface area contributed by atoms with Gasteiger partial charge >= 0.3 is 0 Å². The summed E-state index contributed by atoms with van der Waals surface area (Å²) < 4.78 is 0. The van der Waals surface area contributed by atoms with Crippen molar-refractivity contribution in [2.45, 2.75) is 52.5 Å². The van der Waals surface area contributed by atoms with E-state index in [1.165, 1.54) is 31.2 Å². The van der Waals surface area contributed by atoms with E-state index in [2.05, 4.69) is 34.0 Å². The first-order valence-corrected chi connectivity index (χ1v) is 6.97. The van der Waals surface area contributed by atoms with Gasteiger partial charge in [-0.05, 0) is 39.5 Å². The summed E-state index contributed by atoms with van der Waals surface area (Å²) in [6.07, 6.45) is 5.09. The van der Waals surface area contributed by atoms with Gasteiger partial charge in [0.15, 0.2) is 0 Å². The molecule has 1 aliphatic heterocycles. The fraction of sp³-hybridized carbons (Fsp3) is 0.714. The van der Waals surface area contributed by atoms with Crippen LogP contribution in [0.4, 0.5) is 11.6 Å². The zero-order valence-electron chi connectivity index (χ0n) is 12.0. The Bertz CT molecular complexity index is 417. The van der Waals surface area contributed by atoms with E-state index in [9.17, 15) is 0 Å². The van der Waals surface area contributed by atoms with Gasteiger partial charge in [0, 0.05) is 25.2 Å². The average molecular weight is 248 g/mol. The molecule has 0 amide bonds. The molecular weight excluding hydrogens is 224 g/mol. The quantitative estimate of drug-likeness (QED) is 0.893. The first-order chi connectivity index (χ1) is 8.67. The Balaban J connectivity index is 2.39. The van der Waals surface area contributed by atoms with Gasteiger partial charge in [-0.2, -0.15) is 0 Å². The van der Waals surface area contributed by atoms with E-state index < -0.39 is 0 Å². The molecule has 1 unspecified atom stereocenters. The molecule has 1 aliphatic rings. The summed E-state index contributed by atoms with van der Waals surface area (Å²) in [4.78, 5) is 11.6. The number of aryl methyl sites for hydroxylation is 1. The summed E-state index contributed by atoms with van der Waals surface area (Å²) in [5.41, 5.74) is 1.17. The maximum Gasteiger partial charge on any atom is 0.137 e. The van der Waals surface area contributed by atoms with Gasteiger partial charge in [-0.3, -0.25) is 0 Å². The van der Waals surface area contributed by atoms with E-state index >= 15 is 0 Å². The molecule has 1 aromatic heterocycles. The summed E-state index contributed by atoms with van der Waals surface area (Å²) >= 11 is 0. The van der Waals surface area contributed by atoms with Gasteiger partial charge in [-0.15, -0.1) is 0 Å². The topological polar surface area (TPSA) is 41.1 Å². The minimum atomic E-state index is 0.636. The predicted molar refractivity (Wildman–Crippen MR) is 76.3 cm³/mol. The number of piperidine rings is 1. The zero-order valence-corrected chi connectivity index (χ0v) is 12.0. The van der Waals surface area contributed by atoms with Crippen molar-refractivity contribution in [3.8, 4) is 0 Å². The van der Waals surface area contributed by atoms with Gasteiger partial charge in [0.05, 0.1) is 0 Å². The van der Waals surface area contributed by atoms with Crippen molar-refractivity contribution in [1.29, 1.82) is 0 Å². The Hall–Kier alpha value is -1.32. The average Bonchev–Trinajstić information content (AvgIpc) is 2.41. The molecule has 0 aromatic carbocycles. The van der Waals surface area contributed by atoms with Crippen LogP contribution in [0.25, 0.3) is 0 Å². The smallest absolute Gasteiger partial charge is 0.137 e. The third kappa shape index (κ3) is 2.42. The molecule has 0 aliphatic carbocycles. The highest BCUT2D eigenvalue weighted by Gasteiger charge is 2.24. The van der Waals surface area contributed by atoms with Crippen LogP contribution in [0.5, 0.6) is 0 Å². The van der Waals surface area contributed by atoms with Crippen LogP contribution in [0.1, 0.15) is 44.0 Å². The summed E-state index contributed by atoms with van der Waals surface area (Å²) in [6.45, 7) is 7.47. The monoisotopic (exact) mass is 248 g/mol. The van der Waals surface area contributed by atoms with Gasteiger partial charge < -0.3 is 10.2 Å². The van der Waals surface area contributed by atoms with Crippen LogP contribution in [-0.4, -0.2) is 29.6 Å². The third-order valence-corrected chi connectivity index (χ3v) is 3.84. The lowest BCUT2D eigenvalue weighted by Crippen LogP contribution is -2.40. The zero-order chi connectivity index (χ0) is 13.1. The second-order valence-electron chi connectivity index (χ2n) is 5.07. The molecule has 1 atom stereocenters. The third-order valence-electron chi connectivity index (χ3n) is 3.84. The molecule has 0 bridgehead atoms. The Morgan fingerprint density at radius 1 is 1.28 bits per heavy atom. The van der Waals surface area contributed by atoms with E-state index in [-0.39, 0.29) is 0 Å². The second-order valence-corrected chi connectivity index (χ2v) is 5.07. The first-order valence-electron chi connectivity index (χ1n) is 6.97. The molecule has 2 heterocycles. The molecule has 100 valence electrons. The summed E-state index contributed by atoms with van der Waals surface area (Å²) in [5.74, 6) is 2.93. The Morgan fingerprint density at radius 2 is 2.06 bits per heavy atom. The lowest BCUT2D eigenvalue weighted by molar-refractivity contribution is 0.445. The maximum absolute atomic E-state index is 4.68. The highest BCUT2D eigenvalue weighted by Crippen LogP contribution is 2.30. The van der Waals surface area contributed by atoms with Crippen molar-refractivity contribution in [3.05, 3.63) is 11.4 Å². The summed E-state index contributed by atoms with van der Waals surface area (Å²) in [5, 5.41) is 3.17. The number of anilines is 2. The van der Waals surface area contributed by atoms with Crippen LogP contribution in [-0.2, 0) is 0 Å². The fourth-order valence-corrected chi connectivity index (χ4v) is 2.84. The van der Waals surface area contributed by atoms with Gasteiger partial charge in [-0.1, -0.05) is 6.92 Å². The maximum atomic E-state index is 4.68. The van der Waals surface area contributed by atoms with Gasteiger partial charge in [0.25, 0.3) is 0 Å². The minimum absolute atomic E-state index is 0.636. The van der Waals surface area contributed by atoms with Crippen LogP contribution >= 0.6 is 0 Å². The van der Waals surface area contributed by atoms with E-state index in [0.29, 0.717) is 6.04 Å². The number of hydrogen-bond donors (Lipinski definition) is 1. The number of rotatable bonds is 3. The van der Waals surface area contributed by atoms with Crippen LogP contribution in [0.15, 0.2) is 0 Å². The standard InChI is InChI=1S/C14H24N4/c1-5-12-8-6-7-9-18(12)14-10(2)13(15-4)16-11(3)17-14/h12H,5-9H2,1-4H3,(H,15,16,17). The van der Waals surface area contributed by atoms with Crippen LogP contribution in [0.2, 0.25) is 0 Å². The largest absolute Gasteiger partial charge is 0.373 e. The molecule has 0 radical (unpaired) electrons. The Morgan fingerprint density at radius 3 is 2.72 bits per heavy atom. The highest BCUT2D eigenvalue weighted by molar-refractivity contribution is 5.59. The lowest BCUT2D eigenvalue weighted by atomic mass is 9.99. The molecule has 1 saturated heterocycles. The number of aromatic nitrogens is 2. The molecule has 1 aromatic rings. The minimum Gasteiger partial charge on any atom is -0.373 e. The SMILES string of the molecule is CCC1CCCCN1c1nc(C)nc(NC)c1C. The highest BCUT2D eigenvalue weighted by atomic mass is 15.2. The van der Waals surface area contributed by atoms with Crippen molar-refractivity contribution in [2.24, 2.45) is 0 Å². The van der Waals surface area contributed by atoms with Gasteiger partial charge in [-0.25, -0.2) is 9.97 Å². The van der Waals surface area contributed by atoms with E-state index in [1.807, 2.05) is 14.0 Å². The van der Waals surface area contributed by atoms with E-state index in [0.717, 1.165) is 24.0 Å². The van der Waals surface area contributed by atoms with Gasteiger partial charge in [0.1, 0.15) is 17.5 Å². The summed E-state index contributed by atoms with van der Waals surface area (Å²) in [7, 11) is 1.92. The lowest BCUT2D eigenvalue weighted by Gasteiger charge is -2.37. The predicted octanol–water partition coefficient (Wildman–Crippen LogP) is 2.90. The molecule has 0 spiro atoms. The first kappa shape index (κ1) is 13.1. The van der Waals surface area contributed by atoms with Crippen molar-refractivity contribution in [1.82, 2.24) is 9.97 Å². The summed E-state index contributed by atoms with van der Waals surface area (Å²) in [6, 6.07) is 0.636. The molecule has 2 rings (SSSR count). The normalized spacial score (nSPS) is 20.0. The molecule has 0 saturated carbocycles. The molecular formula is C14H24N4. The Kier molecular flexibility index (Phi) is 4.04. The second kappa shape index (κ2) is 5.55. The molecule has 1 fully saturated rings. The van der Waals surface area contributed by atoms with Crippen LogP contribution < -0.4 is 10.2 Å². The number of nitrogens with zero attached hydrogens (tertiary/aromatic N) is 3. The molecule has 18 heavy (non-hydrogen) atoms. The van der Waals surface area contributed by atoms with Gasteiger partial charge in [0.2, 0.25) is 0 Å². The number of nitrogens with one attached hydrogen (secondary N) is 1. The van der Waals surface area contributed by atoms with Crippen molar-refractivity contribution >= 4 is 11.6 Å². The van der Waals surface area contributed by atoms with Crippen LogP contribution in [0, 0.1) is 13.8 Å². The van der Waals surface area contributed by atoms with Crippen molar-refractivity contribution in [3.63, 3.8) is 0 Å². The fourth-order valence-electron chi connectivity index (χ4n) is 2.84. The number of hydrogen-bond acceptors (Lipinski definition) is 4. The molecule has 4 heteroatoms.